The van der Waals surface area contributed by atoms with E-state index in [0.717, 1.165) is 30.8 Å². The molecule has 1 fully saturated rings. The Kier molecular flexibility index (Phi) is 4.98. The van der Waals surface area contributed by atoms with Crippen LogP contribution in [0.15, 0.2) is 58.8 Å². The van der Waals surface area contributed by atoms with E-state index in [0.29, 0.717) is 22.1 Å². The van der Waals surface area contributed by atoms with Crippen LogP contribution in [0.1, 0.15) is 24.3 Å². The number of hydrogen-bond acceptors (Lipinski definition) is 7. The number of methoxy groups -OCH3 is 2. The number of pyridine rings is 2. The molecule has 0 radical (unpaired) electrons. The van der Waals surface area contributed by atoms with Crippen LogP contribution in [0.3, 0.4) is 0 Å². The second-order valence-corrected chi connectivity index (χ2v) is 8.85. The molecule has 4 rings (SSSR count). The molecule has 1 N–H and O–H groups in total. The number of nitrogens with zero attached hydrogens (tertiary/aromatic N) is 2. The molecule has 2 heterocycles. The molecule has 0 amide bonds. The van der Waals surface area contributed by atoms with Crippen molar-refractivity contribution in [3.8, 4) is 28.4 Å². The number of ether oxygens (including phenoxy) is 2. The molecule has 9 heteroatoms. The summed E-state index contributed by atoms with van der Waals surface area (Å²) in [6.07, 6.45) is 5.53. The average Bonchev–Trinajstić information content (AvgIpc) is 3.60. The third-order valence-corrected chi connectivity index (χ3v) is 6.73. The van der Waals surface area contributed by atoms with Crippen LogP contribution < -0.4 is 14.2 Å². The van der Waals surface area contributed by atoms with Crippen molar-refractivity contribution < 1.29 is 27.7 Å². The van der Waals surface area contributed by atoms with E-state index >= 15 is 0 Å². The molecular formula is C21H20N2O6S. The van der Waals surface area contributed by atoms with Gasteiger partial charge in [0, 0.05) is 6.20 Å². The van der Waals surface area contributed by atoms with Crippen molar-refractivity contribution in [1.82, 2.24) is 4.98 Å². The Morgan fingerprint density at radius 1 is 1.10 bits per heavy atom. The minimum absolute atomic E-state index is 0.0324. The lowest BCUT2D eigenvalue weighted by molar-refractivity contribution is -0.607. The van der Waals surface area contributed by atoms with E-state index in [-0.39, 0.29) is 16.2 Å². The Labute approximate surface area is 173 Å². The van der Waals surface area contributed by atoms with Crippen LogP contribution in [0.4, 0.5) is 0 Å². The molecule has 0 unspecified atom stereocenters. The van der Waals surface area contributed by atoms with Gasteiger partial charge in [0.1, 0.15) is 11.5 Å². The molecule has 30 heavy (non-hydrogen) atoms. The fourth-order valence-corrected chi connectivity index (χ4v) is 4.62. The summed E-state index contributed by atoms with van der Waals surface area (Å²) in [6, 6.07) is 8.02. The molecule has 3 aromatic rings. The van der Waals surface area contributed by atoms with Crippen molar-refractivity contribution in [2.24, 2.45) is 0 Å². The Morgan fingerprint density at radius 3 is 2.30 bits per heavy atom. The minimum Gasteiger partial charge on any atom is -0.619 e. The fourth-order valence-electron chi connectivity index (χ4n) is 3.35. The lowest BCUT2D eigenvalue weighted by Gasteiger charge is -2.15. The van der Waals surface area contributed by atoms with Gasteiger partial charge in [-0.15, -0.1) is 0 Å². The van der Waals surface area contributed by atoms with E-state index < -0.39 is 20.5 Å². The van der Waals surface area contributed by atoms with Crippen molar-refractivity contribution in [3.05, 3.63) is 59.7 Å². The van der Waals surface area contributed by atoms with Crippen molar-refractivity contribution in [2.75, 3.05) is 14.2 Å². The summed E-state index contributed by atoms with van der Waals surface area (Å²) in [5.41, 5.74) is 1.21. The summed E-state index contributed by atoms with van der Waals surface area (Å²) in [7, 11) is -1.40. The van der Waals surface area contributed by atoms with Gasteiger partial charge in [-0.05, 0) is 42.5 Å². The zero-order valence-corrected chi connectivity index (χ0v) is 17.2. The van der Waals surface area contributed by atoms with Crippen LogP contribution in [0.5, 0.6) is 17.2 Å². The second-order valence-electron chi connectivity index (χ2n) is 6.99. The number of hydrogen-bond donors (Lipinski definition) is 1. The predicted molar refractivity (Wildman–Crippen MR) is 107 cm³/mol. The summed E-state index contributed by atoms with van der Waals surface area (Å²) >= 11 is 0. The molecule has 1 aliphatic rings. The largest absolute Gasteiger partial charge is 0.619 e. The number of rotatable bonds is 6. The van der Waals surface area contributed by atoms with Crippen LogP contribution in [0, 0.1) is 5.21 Å². The zero-order valence-electron chi connectivity index (χ0n) is 16.4. The van der Waals surface area contributed by atoms with Gasteiger partial charge in [-0.2, -0.15) is 4.73 Å². The summed E-state index contributed by atoms with van der Waals surface area (Å²) in [6.45, 7) is 0. The van der Waals surface area contributed by atoms with Gasteiger partial charge >= 0.3 is 0 Å². The Hall–Kier alpha value is -3.33. The Morgan fingerprint density at radius 2 is 1.77 bits per heavy atom. The minimum atomic E-state index is -4.25. The van der Waals surface area contributed by atoms with E-state index in [1.165, 1.54) is 26.5 Å². The van der Waals surface area contributed by atoms with E-state index in [1.54, 1.807) is 24.3 Å². The molecule has 0 bridgehead atoms. The number of sulfone groups is 1. The maximum Gasteiger partial charge on any atom is 0.233 e. The highest BCUT2D eigenvalue weighted by Crippen LogP contribution is 2.44. The molecule has 0 saturated heterocycles. The molecule has 1 saturated carbocycles. The molecule has 156 valence electrons. The normalized spacial score (nSPS) is 13.8. The Balaban J connectivity index is 1.88. The lowest BCUT2D eigenvalue weighted by Crippen LogP contribution is -2.27. The van der Waals surface area contributed by atoms with Crippen LogP contribution in [0.2, 0.25) is 0 Å². The van der Waals surface area contributed by atoms with Gasteiger partial charge < -0.3 is 19.8 Å². The first kappa shape index (κ1) is 20.0. The number of benzene rings is 1. The van der Waals surface area contributed by atoms with Gasteiger partial charge in [-0.1, -0.05) is 12.1 Å². The molecule has 2 aromatic heterocycles. The highest BCUT2D eigenvalue weighted by Gasteiger charge is 2.31. The SMILES string of the molecule is COc1cccc(OC)c1-c1c[n+]([O-])cc(S(=O)(=O)c2ccc(C3CC3)cn2)c1O. The smallest absolute Gasteiger partial charge is 0.233 e. The van der Waals surface area contributed by atoms with Crippen LogP contribution >= 0.6 is 0 Å². The monoisotopic (exact) mass is 428 g/mol. The average molecular weight is 428 g/mol. The van der Waals surface area contributed by atoms with E-state index in [9.17, 15) is 18.7 Å². The van der Waals surface area contributed by atoms with Crippen molar-refractivity contribution >= 4 is 9.84 Å². The quantitative estimate of drug-likeness (QED) is 0.474. The second kappa shape index (κ2) is 7.49. The van der Waals surface area contributed by atoms with E-state index in [2.05, 4.69) is 4.98 Å². The predicted octanol–water partition coefficient (Wildman–Crippen LogP) is 2.82. The highest BCUT2D eigenvalue weighted by atomic mass is 32.2. The summed E-state index contributed by atoms with van der Waals surface area (Å²) < 4.78 is 37.3. The zero-order chi connectivity index (χ0) is 21.5. The lowest BCUT2D eigenvalue weighted by atomic mass is 10.0. The van der Waals surface area contributed by atoms with Gasteiger partial charge in [0.15, 0.2) is 21.9 Å². The van der Waals surface area contributed by atoms with Crippen molar-refractivity contribution in [1.29, 1.82) is 0 Å². The maximum absolute atomic E-state index is 13.2. The van der Waals surface area contributed by atoms with E-state index in [4.69, 9.17) is 9.47 Å². The number of aromatic hydroxyl groups is 1. The topological polar surface area (TPSA) is 113 Å². The third kappa shape index (κ3) is 3.41. The molecular weight excluding hydrogens is 408 g/mol. The molecule has 1 aliphatic carbocycles. The fraction of sp³-hybridized carbons (Fsp3) is 0.238. The molecule has 8 nitrogen and oxygen atoms in total. The first-order chi connectivity index (χ1) is 14.4. The molecule has 0 atom stereocenters. The van der Waals surface area contributed by atoms with Crippen molar-refractivity contribution in [2.45, 2.75) is 28.7 Å². The van der Waals surface area contributed by atoms with Gasteiger partial charge in [0.25, 0.3) is 0 Å². The first-order valence-corrected chi connectivity index (χ1v) is 10.7. The van der Waals surface area contributed by atoms with E-state index in [1.807, 2.05) is 0 Å². The Bertz CT molecular complexity index is 1180. The van der Waals surface area contributed by atoms with Crippen LogP contribution in [-0.4, -0.2) is 32.7 Å². The summed E-state index contributed by atoms with van der Waals surface area (Å²) in [5.74, 6) is 0.461. The molecule has 0 aliphatic heterocycles. The van der Waals surface area contributed by atoms with Gasteiger partial charge in [-0.25, -0.2) is 13.4 Å². The van der Waals surface area contributed by atoms with Gasteiger partial charge in [-0.3, -0.25) is 0 Å². The van der Waals surface area contributed by atoms with Crippen molar-refractivity contribution in [3.63, 3.8) is 0 Å². The first-order valence-electron chi connectivity index (χ1n) is 9.25. The van der Waals surface area contributed by atoms with Gasteiger partial charge in [0.2, 0.25) is 16.0 Å². The van der Waals surface area contributed by atoms with Crippen LogP contribution in [-0.2, 0) is 9.84 Å². The summed E-state index contributed by atoms with van der Waals surface area (Å²) in [4.78, 5) is 3.52. The summed E-state index contributed by atoms with van der Waals surface area (Å²) in [5, 5.41) is 22.9. The van der Waals surface area contributed by atoms with Gasteiger partial charge in [0.05, 0.1) is 25.3 Å². The van der Waals surface area contributed by atoms with Crippen LogP contribution in [0.25, 0.3) is 11.1 Å². The number of aromatic nitrogens is 2. The molecule has 1 aromatic carbocycles. The third-order valence-electron chi connectivity index (χ3n) is 5.06. The standard InChI is InChI=1S/C21H20N2O6S/c1-28-16-4-3-5-17(29-2)20(16)15-11-23(25)12-18(21(15)24)30(26,27)19-9-8-14(10-22-19)13-6-7-13/h3-5,8-13,24H,6-7H2,1-2H3. The highest BCUT2D eigenvalue weighted by molar-refractivity contribution is 7.91. The maximum atomic E-state index is 13.2. The molecule has 0 spiro atoms.